The third kappa shape index (κ3) is 3.55. The lowest BCUT2D eigenvalue weighted by molar-refractivity contribution is 0.100. The second-order valence-corrected chi connectivity index (χ2v) is 7.88. The minimum absolute atomic E-state index is 0.0305. The minimum Gasteiger partial charge on any atom is -0.497 e. The van der Waals surface area contributed by atoms with Gasteiger partial charge in [-0.05, 0) is 59.7 Å². The Bertz CT molecular complexity index is 1570. The second-order valence-electron chi connectivity index (χ2n) is 7.88. The van der Waals surface area contributed by atoms with Gasteiger partial charge < -0.3 is 15.0 Å². The normalized spacial score (nSPS) is 11.3. The van der Waals surface area contributed by atoms with Gasteiger partial charge >= 0.3 is 0 Å². The van der Waals surface area contributed by atoms with Crippen molar-refractivity contribution in [1.29, 1.82) is 0 Å². The van der Waals surface area contributed by atoms with Gasteiger partial charge in [0.25, 0.3) is 0 Å². The van der Waals surface area contributed by atoms with Crippen LogP contribution in [-0.4, -0.2) is 17.6 Å². The molecule has 0 unspecified atom stereocenters. The fourth-order valence-corrected chi connectivity index (χ4v) is 4.24. The second kappa shape index (κ2) is 8.26. The maximum absolute atomic E-state index is 14.5. The molecule has 0 atom stereocenters. The van der Waals surface area contributed by atoms with Crippen LogP contribution in [0.2, 0.25) is 0 Å². The molecule has 1 amide bonds. The molecule has 0 saturated carbocycles. The van der Waals surface area contributed by atoms with Crippen LogP contribution in [0.1, 0.15) is 15.9 Å². The molecule has 2 N–H and O–H groups in total. The van der Waals surface area contributed by atoms with Gasteiger partial charge in [-0.3, -0.25) is 4.79 Å². The predicted molar refractivity (Wildman–Crippen MR) is 124 cm³/mol. The van der Waals surface area contributed by atoms with Gasteiger partial charge in [-0.15, -0.1) is 0 Å². The van der Waals surface area contributed by atoms with Crippen molar-refractivity contribution in [2.45, 2.75) is 6.54 Å². The Morgan fingerprint density at radius 2 is 1.68 bits per heavy atom. The van der Waals surface area contributed by atoms with E-state index in [1.165, 1.54) is 0 Å². The summed E-state index contributed by atoms with van der Waals surface area (Å²) in [5.41, 5.74) is 8.83. The number of aromatic nitrogens is 1. The molecule has 0 spiro atoms. The van der Waals surface area contributed by atoms with Gasteiger partial charge in [0.15, 0.2) is 11.6 Å². The van der Waals surface area contributed by atoms with Crippen molar-refractivity contribution >= 4 is 27.7 Å². The molecular weight excluding hydrogens is 441 g/mol. The summed E-state index contributed by atoms with van der Waals surface area (Å²) in [6.45, 7) is -0.0921. The molecule has 0 aliphatic carbocycles. The van der Waals surface area contributed by atoms with Crippen LogP contribution in [0.4, 0.5) is 13.2 Å². The highest BCUT2D eigenvalue weighted by molar-refractivity contribution is 6.18. The zero-order valence-electron chi connectivity index (χ0n) is 18.0. The van der Waals surface area contributed by atoms with Crippen LogP contribution in [-0.2, 0) is 6.54 Å². The number of nitrogens with two attached hydrogens (primary N) is 1. The number of fused-ring (bicyclic) bond motifs is 3. The largest absolute Gasteiger partial charge is 0.497 e. The summed E-state index contributed by atoms with van der Waals surface area (Å²) < 4.78 is 48.9. The Balaban J connectivity index is 1.77. The Morgan fingerprint density at radius 1 is 0.941 bits per heavy atom. The summed E-state index contributed by atoms with van der Waals surface area (Å²) in [6.07, 6.45) is 0. The highest BCUT2D eigenvalue weighted by Crippen LogP contribution is 2.35. The SMILES string of the molecule is COc1ccc(-c2c[c]c3c4c(C(N)=O)cccc4n(Cc4cc(F)c(F)cc4F)c3c2)cc1. The first-order valence-corrected chi connectivity index (χ1v) is 10.4. The average Bonchev–Trinajstić information content (AvgIpc) is 3.15. The molecule has 1 radical (unpaired) electrons. The molecule has 4 aromatic carbocycles. The van der Waals surface area contributed by atoms with Crippen molar-refractivity contribution in [2.75, 3.05) is 7.11 Å². The molecule has 5 rings (SSSR count). The number of methoxy groups -OCH3 is 1. The van der Waals surface area contributed by atoms with Gasteiger partial charge in [0.1, 0.15) is 11.6 Å². The van der Waals surface area contributed by atoms with Gasteiger partial charge in [0.05, 0.1) is 24.7 Å². The molecule has 0 aliphatic heterocycles. The summed E-state index contributed by atoms with van der Waals surface area (Å²) in [7, 11) is 1.58. The fraction of sp³-hybridized carbons (Fsp3) is 0.0741. The zero-order chi connectivity index (χ0) is 24.0. The molecular formula is C27H18F3N2O2. The Morgan fingerprint density at radius 3 is 2.38 bits per heavy atom. The predicted octanol–water partition coefficient (Wildman–Crippen LogP) is 5.83. The molecule has 0 bridgehead atoms. The number of amides is 1. The van der Waals surface area contributed by atoms with Gasteiger partial charge in [-0.2, -0.15) is 0 Å². The van der Waals surface area contributed by atoms with E-state index in [-0.39, 0.29) is 12.1 Å². The van der Waals surface area contributed by atoms with Crippen molar-refractivity contribution in [3.63, 3.8) is 0 Å². The first-order valence-electron chi connectivity index (χ1n) is 10.4. The number of primary amides is 1. The Kier molecular flexibility index (Phi) is 5.24. The molecule has 4 nitrogen and oxygen atoms in total. The van der Waals surface area contributed by atoms with E-state index in [0.29, 0.717) is 39.2 Å². The third-order valence-corrected chi connectivity index (χ3v) is 5.90. The number of halogens is 3. The summed E-state index contributed by atoms with van der Waals surface area (Å²) in [6, 6.07) is 20.8. The molecule has 7 heteroatoms. The number of rotatable bonds is 5. The van der Waals surface area contributed by atoms with Crippen LogP contribution in [0, 0.1) is 23.5 Å². The first kappa shape index (κ1) is 21.6. The van der Waals surface area contributed by atoms with Crippen molar-refractivity contribution < 1.29 is 22.7 Å². The van der Waals surface area contributed by atoms with E-state index >= 15 is 0 Å². The van der Waals surface area contributed by atoms with E-state index in [4.69, 9.17) is 10.5 Å². The van der Waals surface area contributed by atoms with Crippen LogP contribution in [0.15, 0.2) is 66.7 Å². The number of carbonyl (C=O) groups is 1. The third-order valence-electron chi connectivity index (χ3n) is 5.90. The van der Waals surface area contributed by atoms with Crippen LogP contribution in [0.25, 0.3) is 32.9 Å². The monoisotopic (exact) mass is 459 g/mol. The van der Waals surface area contributed by atoms with Crippen molar-refractivity contribution in [3.8, 4) is 16.9 Å². The lowest BCUT2D eigenvalue weighted by Gasteiger charge is -2.11. The summed E-state index contributed by atoms with van der Waals surface area (Å²) in [4.78, 5) is 12.1. The molecule has 34 heavy (non-hydrogen) atoms. The average molecular weight is 459 g/mol. The van der Waals surface area contributed by atoms with E-state index in [1.807, 2.05) is 30.3 Å². The number of benzene rings is 4. The quantitative estimate of drug-likeness (QED) is 0.336. The number of hydrogen-bond donors (Lipinski definition) is 1. The smallest absolute Gasteiger partial charge is 0.249 e. The highest BCUT2D eigenvalue weighted by Gasteiger charge is 2.19. The molecule has 1 heterocycles. The van der Waals surface area contributed by atoms with E-state index in [2.05, 4.69) is 6.07 Å². The van der Waals surface area contributed by atoms with E-state index in [0.717, 1.165) is 17.2 Å². The maximum Gasteiger partial charge on any atom is 0.249 e. The Labute approximate surface area is 193 Å². The van der Waals surface area contributed by atoms with Crippen LogP contribution >= 0.6 is 0 Å². The molecule has 0 saturated heterocycles. The van der Waals surface area contributed by atoms with Gasteiger partial charge in [0.2, 0.25) is 5.91 Å². The lowest BCUT2D eigenvalue weighted by Crippen LogP contribution is -2.11. The summed E-state index contributed by atoms with van der Waals surface area (Å²) in [5, 5.41) is 1.18. The van der Waals surface area contributed by atoms with Crippen molar-refractivity contribution in [1.82, 2.24) is 4.57 Å². The fourth-order valence-electron chi connectivity index (χ4n) is 4.24. The summed E-state index contributed by atoms with van der Waals surface area (Å²) in [5.74, 6) is -3.16. The number of ether oxygens (including phenoxy) is 1. The summed E-state index contributed by atoms with van der Waals surface area (Å²) >= 11 is 0. The van der Waals surface area contributed by atoms with Crippen LogP contribution in [0.5, 0.6) is 5.75 Å². The molecule has 0 fully saturated rings. The van der Waals surface area contributed by atoms with Crippen LogP contribution < -0.4 is 10.5 Å². The molecule has 0 aliphatic rings. The van der Waals surface area contributed by atoms with Crippen LogP contribution in [0.3, 0.4) is 0 Å². The zero-order valence-corrected chi connectivity index (χ0v) is 18.0. The van der Waals surface area contributed by atoms with E-state index in [9.17, 15) is 18.0 Å². The lowest BCUT2D eigenvalue weighted by atomic mass is 10.0. The Hall–Kier alpha value is -4.26. The minimum atomic E-state index is -1.25. The topological polar surface area (TPSA) is 57.2 Å². The standard InChI is InChI=1S/C27H18F3N2O2/c1-34-18-8-5-15(6-9-18)16-7-10-19-25(12-16)32(14-17-11-22(29)23(30)13-21(17)28)24-4-2-3-20(26(19)24)27(31)33/h2-9,11-13H,14H2,1H3,(H2,31,33). The highest BCUT2D eigenvalue weighted by atomic mass is 19.2. The van der Waals surface area contributed by atoms with Gasteiger partial charge in [0, 0.05) is 28.0 Å². The molecule has 169 valence electrons. The van der Waals surface area contributed by atoms with E-state index < -0.39 is 23.4 Å². The maximum atomic E-state index is 14.5. The number of nitrogens with zero attached hydrogens (tertiary/aromatic N) is 1. The van der Waals surface area contributed by atoms with Gasteiger partial charge in [-0.25, -0.2) is 13.2 Å². The van der Waals surface area contributed by atoms with Gasteiger partial charge in [-0.1, -0.05) is 18.2 Å². The number of hydrogen-bond acceptors (Lipinski definition) is 2. The van der Waals surface area contributed by atoms with Crippen molar-refractivity contribution in [3.05, 3.63) is 101 Å². The number of carbonyl (C=O) groups excluding carboxylic acids is 1. The van der Waals surface area contributed by atoms with Crippen molar-refractivity contribution in [2.24, 2.45) is 5.73 Å². The first-order chi connectivity index (χ1) is 16.4. The van der Waals surface area contributed by atoms with E-state index in [1.54, 1.807) is 35.9 Å². The molecule has 1 aromatic heterocycles. The molecule has 5 aromatic rings.